The third-order valence-electron chi connectivity index (χ3n) is 3.33. The van der Waals surface area contributed by atoms with Gasteiger partial charge in [-0.3, -0.25) is 10.1 Å². The van der Waals surface area contributed by atoms with Gasteiger partial charge in [-0.25, -0.2) is 4.79 Å². The first-order chi connectivity index (χ1) is 10.7. The van der Waals surface area contributed by atoms with E-state index in [0.29, 0.717) is 17.8 Å². The van der Waals surface area contributed by atoms with Gasteiger partial charge in [0.05, 0.1) is 4.88 Å². The smallest absolute Gasteiger partial charge is 0.321 e. The van der Waals surface area contributed by atoms with Gasteiger partial charge in [0.15, 0.2) is 0 Å². The predicted molar refractivity (Wildman–Crippen MR) is 87.2 cm³/mol. The number of hydrogen-bond donors (Lipinski definition) is 3. The molecule has 3 N–H and O–H groups in total. The summed E-state index contributed by atoms with van der Waals surface area (Å²) in [6, 6.07) is 11.0. The molecule has 3 aromatic rings. The first-order valence-electron chi connectivity index (χ1n) is 6.92. The summed E-state index contributed by atoms with van der Waals surface area (Å²) >= 11 is 1.30. The van der Waals surface area contributed by atoms with Gasteiger partial charge >= 0.3 is 6.03 Å². The number of aromatic amines is 1. The third-order valence-corrected chi connectivity index (χ3v) is 4.20. The Hall–Kier alpha value is -2.60. The highest BCUT2D eigenvalue weighted by Gasteiger charge is 2.10. The number of imide groups is 1. The number of thiophene rings is 1. The van der Waals surface area contributed by atoms with Crippen LogP contribution in [0.15, 0.2) is 48.0 Å². The van der Waals surface area contributed by atoms with Crippen LogP contribution in [0.5, 0.6) is 0 Å². The number of amides is 3. The second-order valence-electron chi connectivity index (χ2n) is 4.80. The molecule has 2 heterocycles. The molecular weight excluding hydrogens is 298 g/mol. The fourth-order valence-corrected chi connectivity index (χ4v) is 2.88. The monoisotopic (exact) mass is 313 g/mol. The molecule has 0 radical (unpaired) electrons. The summed E-state index contributed by atoms with van der Waals surface area (Å²) in [5, 5.41) is 7.96. The Morgan fingerprint density at radius 1 is 1.14 bits per heavy atom. The number of hydrogen-bond acceptors (Lipinski definition) is 3. The fraction of sp³-hybridized carbons (Fsp3) is 0.125. The number of H-pyrrole nitrogens is 1. The number of para-hydroxylation sites is 1. The molecule has 0 fully saturated rings. The molecule has 0 aliphatic heterocycles. The van der Waals surface area contributed by atoms with Gasteiger partial charge in [-0.15, -0.1) is 11.3 Å². The predicted octanol–water partition coefficient (Wildman–Crippen LogP) is 2.91. The molecule has 0 unspecified atom stereocenters. The van der Waals surface area contributed by atoms with Crippen molar-refractivity contribution < 1.29 is 9.59 Å². The van der Waals surface area contributed by atoms with E-state index in [1.54, 1.807) is 17.5 Å². The first-order valence-corrected chi connectivity index (χ1v) is 7.79. The molecule has 0 saturated heterocycles. The van der Waals surface area contributed by atoms with Crippen LogP contribution in [0.2, 0.25) is 0 Å². The molecule has 2 aromatic heterocycles. The van der Waals surface area contributed by atoms with Crippen LogP contribution >= 0.6 is 11.3 Å². The molecular formula is C16H15N3O2S. The number of benzene rings is 1. The molecule has 5 nitrogen and oxygen atoms in total. The van der Waals surface area contributed by atoms with Crippen molar-refractivity contribution in [2.24, 2.45) is 0 Å². The van der Waals surface area contributed by atoms with Crippen molar-refractivity contribution in [1.82, 2.24) is 15.6 Å². The molecule has 22 heavy (non-hydrogen) atoms. The van der Waals surface area contributed by atoms with Crippen molar-refractivity contribution in [3.63, 3.8) is 0 Å². The summed E-state index contributed by atoms with van der Waals surface area (Å²) < 4.78 is 0. The highest BCUT2D eigenvalue weighted by molar-refractivity contribution is 7.12. The SMILES string of the molecule is O=C(NCCc1c[nH]c2ccccc12)NC(=O)c1cccs1. The minimum Gasteiger partial charge on any atom is -0.361 e. The molecule has 0 atom stereocenters. The highest BCUT2D eigenvalue weighted by Crippen LogP contribution is 2.17. The molecule has 3 rings (SSSR count). The van der Waals surface area contributed by atoms with Gasteiger partial charge in [0.2, 0.25) is 0 Å². The van der Waals surface area contributed by atoms with Crippen LogP contribution in [-0.4, -0.2) is 23.5 Å². The lowest BCUT2D eigenvalue weighted by molar-refractivity contribution is 0.0968. The number of rotatable bonds is 4. The summed E-state index contributed by atoms with van der Waals surface area (Å²) in [7, 11) is 0. The van der Waals surface area contributed by atoms with Crippen LogP contribution in [0.25, 0.3) is 10.9 Å². The topological polar surface area (TPSA) is 74.0 Å². The number of urea groups is 1. The summed E-state index contributed by atoms with van der Waals surface area (Å²) in [5.74, 6) is -0.375. The van der Waals surface area contributed by atoms with Gasteiger partial charge in [-0.1, -0.05) is 24.3 Å². The van der Waals surface area contributed by atoms with Gasteiger partial charge in [-0.2, -0.15) is 0 Å². The van der Waals surface area contributed by atoms with Crippen LogP contribution in [0.4, 0.5) is 4.79 Å². The van der Waals surface area contributed by atoms with Crippen LogP contribution in [0.1, 0.15) is 15.2 Å². The Bertz CT molecular complexity index is 793. The van der Waals surface area contributed by atoms with Crippen molar-refractivity contribution in [3.8, 4) is 0 Å². The third kappa shape index (κ3) is 3.17. The maximum Gasteiger partial charge on any atom is 0.321 e. The Morgan fingerprint density at radius 3 is 2.82 bits per heavy atom. The van der Waals surface area contributed by atoms with E-state index in [1.807, 2.05) is 30.5 Å². The molecule has 0 saturated carbocycles. The molecule has 3 amide bonds. The average Bonchev–Trinajstić information content (AvgIpc) is 3.17. The van der Waals surface area contributed by atoms with E-state index >= 15 is 0 Å². The van der Waals surface area contributed by atoms with Crippen molar-refractivity contribution in [2.45, 2.75) is 6.42 Å². The zero-order valence-corrected chi connectivity index (χ0v) is 12.6. The van der Waals surface area contributed by atoms with E-state index in [-0.39, 0.29) is 5.91 Å². The van der Waals surface area contributed by atoms with Crippen LogP contribution in [0.3, 0.4) is 0 Å². The van der Waals surface area contributed by atoms with Gasteiger partial charge in [-0.05, 0) is 29.5 Å². The maximum atomic E-state index is 11.7. The number of carbonyl (C=O) groups is 2. The normalized spacial score (nSPS) is 10.5. The Morgan fingerprint density at radius 2 is 2.00 bits per heavy atom. The lowest BCUT2D eigenvalue weighted by atomic mass is 10.1. The van der Waals surface area contributed by atoms with E-state index in [9.17, 15) is 9.59 Å². The van der Waals surface area contributed by atoms with E-state index in [0.717, 1.165) is 16.5 Å². The molecule has 0 aliphatic carbocycles. The fourth-order valence-electron chi connectivity index (χ4n) is 2.27. The summed E-state index contributed by atoms with van der Waals surface area (Å²) in [4.78, 5) is 27.1. The standard InChI is InChI=1S/C16H15N3O2S/c20-15(14-6-3-9-22-14)19-16(21)17-8-7-11-10-18-13-5-2-1-4-12(11)13/h1-6,9-10,18H,7-8H2,(H2,17,19,20,21). The summed E-state index contributed by atoms with van der Waals surface area (Å²) in [6.07, 6.45) is 2.64. The number of nitrogens with one attached hydrogen (secondary N) is 3. The van der Waals surface area contributed by atoms with Gasteiger partial charge in [0, 0.05) is 23.6 Å². The van der Waals surface area contributed by atoms with Gasteiger partial charge in [0.1, 0.15) is 0 Å². The van der Waals surface area contributed by atoms with E-state index in [4.69, 9.17) is 0 Å². The molecule has 6 heteroatoms. The molecule has 1 aromatic carbocycles. The highest BCUT2D eigenvalue weighted by atomic mass is 32.1. The Balaban J connectivity index is 1.50. The van der Waals surface area contributed by atoms with Crippen LogP contribution < -0.4 is 10.6 Å². The number of carbonyl (C=O) groups excluding carboxylic acids is 2. The summed E-state index contributed by atoms with van der Waals surface area (Å²) in [5.41, 5.74) is 2.22. The maximum absolute atomic E-state index is 11.7. The second-order valence-corrected chi connectivity index (χ2v) is 5.74. The zero-order valence-electron chi connectivity index (χ0n) is 11.8. The van der Waals surface area contributed by atoms with Crippen molar-refractivity contribution in [1.29, 1.82) is 0 Å². The first kappa shape index (κ1) is 14.3. The van der Waals surface area contributed by atoms with Crippen molar-refractivity contribution in [3.05, 3.63) is 58.4 Å². The molecule has 0 spiro atoms. The minimum absolute atomic E-state index is 0.375. The Kier molecular flexibility index (Phi) is 4.20. The molecule has 112 valence electrons. The van der Waals surface area contributed by atoms with Crippen LogP contribution in [-0.2, 0) is 6.42 Å². The average molecular weight is 313 g/mol. The Labute approximate surface area is 131 Å². The van der Waals surface area contributed by atoms with Crippen molar-refractivity contribution in [2.75, 3.05) is 6.54 Å². The second kappa shape index (κ2) is 6.44. The summed E-state index contributed by atoms with van der Waals surface area (Å²) in [6.45, 7) is 0.464. The van der Waals surface area contributed by atoms with Crippen LogP contribution in [0, 0.1) is 0 Å². The minimum atomic E-state index is -0.474. The lowest BCUT2D eigenvalue weighted by Crippen LogP contribution is -2.39. The zero-order chi connectivity index (χ0) is 15.4. The largest absolute Gasteiger partial charge is 0.361 e. The van der Waals surface area contributed by atoms with E-state index in [2.05, 4.69) is 15.6 Å². The number of aromatic nitrogens is 1. The van der Waals surface area contributed by atoms with Gasteiger partial charge < -0.3 is 10.3 Å². The van der Waals surface area contributed by atoms with E-state index in [1.165, 1.54) is 11.3 Å². The van der Waals surface area contributed by atoms with Gasteiger partial charge in [0.25, 0.3) is 5.91 Å². The van der Waals surface area contributed by atoms with E-state index < -0.39 is 6.03 Å². The number of fused-ring (bicyclic) bond motifs is 1. The quantitative estimate of drug-likeness (QED) is 0.693. The lowest BCUT2D eigenvalue weighted by Gasteiger charge is -2.05. The molecule has 0 bridgehead atoms. The van der Waals surface area contributed by atoms with Crippen molar-refractivity contribution >= 4 is 34.2 Å². The molecule has 0 aliphatic rings.